The highest BCUT2D eigenvalue weighted by Crippen LogP contribution is 2.27. The highest BCUT2D eigenvalue weighted by atomic mass is 35.5. The first kappa shape index (κ1) is 22.7. The Bertz CT molecular complexity index is 1760. The van der Waals surface area contributed by atoms with Gasteiger partial charge in [0.15, 0.2) is 0 Å². The molecule has 4 heterocycles. The van der Waals surface area contributed by atoms with Crippen molar-refractivity contribution in [2.45, 2.75) is 19.8 Å². The van der Waals surface area contributed by atoms with Crippen molar-refractivity contribution in [2.75, 3.05) is 7.11 Å². The fourth-order valence-electron chi connectivity index (χ4n) is 3.93. The maximum Gasteiger partial charge on any atom is 0.342 e. The van der Waals surface area contributed by atoms with Gasteiger partial charge in [-0.15, -0.1) is 0 Å². The van der Waals surface area contributed by atoms with Crippen LogP contribution in [0.1, 0.15) is 25.5 Å². The van der Waals surface area contributed by atoms with E-state index in [4.69, 9.17) is 16.3 Å². The average Bonchev–Trinajstić information content (AvgIpc) is 3.23. The van der Waals surface area contributed by atoms with E-state index in [9.17, 15) is 18.4 Å². The lowest BCUT2D eigenvalue weighted by Crippen LogP contribution is -2.39. The first-order valence-electron chi connectivity index (χ1n) is 10.6. The number of pyridine rings is 2. The van der Waals surface area contributed by atoms with Crippen LogP contribution in [0, 0.1) is 11.6 Å². The first-order chi connectivity index (χ1) is 16.7. The number of halogens is 3. The van der Waals surface area contributed by atoms with Gasteiger partial charge in [-0.3, -0.25) is 13.8 Å². The SMILES string of the molecule is COc1nc(C(C)C)cc2c1c(=O)n(-c1cnc3cc(F)ccn13)c(=O)n2-c1ccc(F)c(Cl)c1. The van der Waals surface area contributed by atoms with Crippen molar-refractivity contribution in [1.29, 1.82) is 0 Å². The van der Waals surface area contributed by atoms with Gasteiger partial charge in [-0.05, 0) is 36.2 Å². The molecule has 1 aromatic carbocycles. The molecule has 8 nitrogen and oxygen atoms in total. The smallest absolute Gasteiger partial charge is 0.342 e. The van der Waals surface area contributed by atoms with Crippen molar-refractivity contribution >= 4 is 28.2 Å². The lowest BCUT2D eigenvalue weighted by molar-refractivity contribution is 0.400. The Kier molecular flexibility index (Phi) is 5.40. The summed E-state index contributed by atoms with van der Waals surface area (Å²) in [4.78, 5) is 36.2. The molecule has 0 aliphatic carbocycles. The Balaban J connectivity index is 2.00. The number of aromatic nitrogens is 5. The molecule has 0 saturated carbocycles. The molecule has 11 heteroatoms. The Morgan fingerprint density at radius 2 is 1.83 bits per heavy atom. The molecule has 4 aromatic heterocycles. The van der Waals surface area contributed by atoms with E-state index in [2.05, 4.69) is 9.97 Å². The standard InChI is InChI=1S/C24H18ClF2N5O3/c1-12(2)17-10-18-21(22(29-17)35-3)23(33)32(20-11-28-19-8-13(26)6-7-30(19)20)24(34)31(18)14-4-5-16(27)15(25)9-14/h4-12H,1-3H3. The number of hydrogen-bond donors (Lipinski definition) is 0. The van der Waals surface area contributed by atoms with Crippen LogP contribution in [0.5, 0.6) is 5.88 Å². The Morgan fingerprint density at radius 3 is 2.51 bits per heavy atom. The number of benzene rings is 1. The summed E-state index contributed by atoms with van der Waals surface area (Å²) in [5.41, 5.74) is -0.252. The molecule has 0 unspecified atom stereocenters. The maximum absolute atomic E-state index is 13.9. The second-order valence-electron chi connectivity index (χ2n) is 8.15. The number of hydrogen-bond acceptors (Lipinski definition) is 5. The van der Waals surface area contributed by atoms with Crippen molar-refractivity contribution in [3.05, 3.63) is 92.0 Å². The van der Waals surface area contributed by atoms with E-state index in [0.29, 0.717) is 5.69 Å². The number of rotatable bonds is 4. The van der Waals surface area contributed by atoms with E-state index < -0.39 is 22.9 Å². The van der Waals surface area contributed by atoms with Crippen molar-refractivity contribution in [2.24, 2.45) is 0 Å². The molecule has 5 aromatic rings. The minimum absolute atomic E-state index is 0.0202. The number of nitrogens with zero attached hydrogens (tertiary/aromatic N) is 5. The highest BCUT2D eigenvalue weighted by molar-refractivity contribution is 6.30. The largest absolute Gasteiger partial charge is 0.480 e. The van der Waals surface area contributed by atoms with Crippen LogP contribution in [0.2, 0.25) is 5.02 Å². The van der Waals surface area contributed by atoms with E-state index >= 15 is 0 Å². The first-order valence-corrected chi connectivity index (χ1v) is 10.9. The van der Waals surface area contributed by atoms with Crippen LogP contribution in [-0.2, 0) is 0 Å². The summed E-state index contributed by atoms with van der Waals surface area (Å²) in [5.74, 6) is -1.14. The summed E-state index contributed by atoms with van der Waals surface area (Å²) in [6, 6.07) is 7.77. The second-order valence-corrected chi connectivity index (χ2v) is 8.56. The van der Waals surface area contributed by atoms with Crippen LogP contribution in [0.4, 0.5) is 8.78 Å². The number of methoxy groups -OCH3 is 1. The lowest BCUT2D eigenvalue weighted by Gasteiger charge is -2.17. The van der Waals surface area contributed by atoms with Gasteiger partial charge in [-0.1, -0.05) is 25.4 Å². The van der Waals surface area contributed by atoms with Gasteiger partial charge in [0.05, 0.1) is 29.5 Å². The van der Waals surface area contributed by atoms with Crippen LogP contribution in [0.15, 0.2) is 58.4 Å². The van der Waals surface area contributed by atoms with Crippen LogP contribution >= 0.6 is 11.6 Å². The normalized spacial score (nSPS) is 11.6. The fraction of sp³-hybridized carbons (Fsp3) is 0.167. The summed E-state index contributed by atoms with van der Waals surface area (Å²) in [7, 11) is 1.37. The van der Waals surface area contributed by atoms with Crippen molar-refractivity contribution in [3.8, 4) is 17.4 Å². The third-order valence-corrected chi connectivity index (χ3v) is 5.95. The molecule has 0 aliphatic heterocycles. The number of imidazole rings is 1. The Labute approximate surface area is 201 Å². The number of ether oxygens (including phenoxy) is 1. The summed E-state index contributed by atoms with van der Waals surface area (Å²) < 4.78 is 36.6. The molecule has 0 radical (unpaired) electrons. The molecule has 0 saturated heterocycles. The second kappa shape index (κ2) is 8.31. The van der Waals surface area contributed by atoms with Crippen LogP contribution in [0.3, 0.4) is 0 Å². The summed E-state index contributed by atoms with van der Waals surface area (Å²) in [6.07, 6.45) is 2.65. The van der Waals surface area contributed by atoms with Gasteiger partial charge >= 0.3 is 5.69 Å². The predicted molar refractivity (Wildman–Crippen MR) is 127 cm³/mol. The molecule has 0 bridgehead atoms. The minimum Gasteiger partial charge on any atom is -0.480 e. The average molecular weight is 498 g/mol. The Hall–Kier alpha value is -4.05. The molecule has 0 amide bonds. The molecule has 0 fully saturated rings. The van der Waals surface area contributed by atoms with Gasteiger partial charge in [-0.2, -0.15) is 0 Å². The molecular formula is C24H18ClF2N5O3. The molecule has 5 rings (SSSR count). The van der Waals surface area contributed by atoms with Crippen molar-refractivity contribution in [3.63, 3.8) is 0 Å². The van der Waals surface area contributed by atoms with Crippen molar-refractivity contribution < 1.29 is 13.5 Å². The summed E-state index contributed by atoms with van der Waals surface area (Å²) in [5, 5.41) is -0.176. The van der Waals surface area contributed by atoms with E-state index in [1.807, 2.05) is 13.8 Å². The Morgan fingerprint density at radius 1 is 1.06 bits per heavy atom. The van der Waals surface area contributed by atoms with Crippen LogP contribution in [0.25, 0.3) is 28.1 Å². The van der Waals surface area contributed by atoms with Gasteiger partial charge in [0.2, 0.25) is 5.88 Å². The zero-order valence-corrected chi connectivity index (χ0v) is 19.5. The molecule has 0 aliphatic rings. The topological polar surface area (TPSA) is 83.4 Å². The van der Waals surface area contributed by atoms with E-state index in [0.717, 1.165) is 10.6 Å². The molecule has 0 spiro atoms. The van der Waals surface area contributed by atoms with Crippen molar-refractivity contribution in [1.82, 2.24) is 23.5 Å². The minimum atomic E-state index is -0.765. The lowest BCUT2D eigenvalue weighted by atomic mass is 10.1. The third-order valence-electron chi connectivity index (χ3n) is 5.66. The predicted octanol–water partition coefficient (Wildman–Crippen LogP) is 4.25. The number of fused-ring (bicyclic) bond motifs is 2. The maximum atomic E-state index is 13.9. The van der Waals surface area contributed by atoms with Crippen LogP contribution in [-0.4, -0.2) is 30.6 Å². The molecule has 0 atom stereocenters. The van der Waals surface area contributed by atoms with Gasteiger partial charge in [0, 0.05) is 18.0 Å². The molecule has 35 heavy (non-hydrogen) atoms. The van der Waals surface area contributed by atoms with Gasteiger partial charge in [-0.25, -0.2) is 28.1 Å². The third kappa shape index (κ3) is 3.57. The molecule has 0 N–H and O–H groups in total. The fourth-order valence-corrected chi connectivity index (χ4v) is 4.11. The quantitative estimate of drug-likeness (QED) is 0.371. The molecule has 178 valence electrons. The van der Waals surface area contributed by atoms with Crippen LogP contribution < -0.4 is 16.0 Å². The zero-order valence-electron chi connectivity index (χ0n) is 18.8. The van der Waals surface area contributed by atoms with Gasteiger partial charge in [0.25, 0.3) is 5.56 Å². The zero-order chi connectivity index (χ0) is 25.0. The summed E-state index contributed by atoms with van der Waals surface area (Å²) >= 11 is 6.03. The monoisotopic (exact) mass is 497 g/mol. The summed E-state index contributed by atoms with van der Waals surface area (Å²) in [6.45, 7) is 3.81. The van der Waals surface area contributed by atoms with E-state index in [1.54, 1.807) is 6.07 Å². The highest BCUT2D eigenvalue weighted by Gasteiger charge is 2.23. The van der Waals surface area contributed by atoms with Gasteiger partial charge in [0.1, 0.15) is 28.5 Å². The van der Waals surface area contributed by atoms with E-state index in [1.165, 1.54) is 52.7 Å². The molecular weight excluding hydrogens is 480 g/mol. The van der Waals surface area contributed by atoms with E-state index in [-0.39, 0.29) is 44.9 Å². The van der Waals surface area contributed by atoms with Gasteiger partial charge < -0.3 is 4.74 Å².